The van der Waals surface area contributed by atoms with Crippen molar-refractivity contribution >= 4 is 42.1 Å². The molecule has 0 bridgehead atoms. The normalized spacial score (nSPS) is 15.3. The van der Waals surface area contributed by atoms with Gasteiger partial charge in [-0.15, -0.1) is 0 Å². The molecule has 3 aromatic rings. The van der Waals surface area contributed by atoms with Gasteiger partial charge in [0, 0.05) is 29.5 Å². The molecule has 13 heteroatoms. The van der Waals surface area contributed by atoms with Gasteiger partial charge >= 0.3 is 13.6 Å². The van der Waals surface area contributed by atoms with Crippen LogP contribution < -0.4 is 15.4 Å². The lowest BCUT2D eigenvalue weighted by atomic mass is 9.94. The second kappa shape index (κ2) is 13.7. The smallest absolute Gasteiger partial charge is 0.342 e. The number of carboxylic acids is 1. The maximum atomic E-state index is 13.4. The van der Waals surface area contributed by atoms with Crippen molar-refractivity contribution < 1.29 is 43.4 Å². The van der Waals surface area contributed by atoms with E-state index in [2.05, 4.69) is 10.6 Å². The molecule has 1 heterocycles. The van der Waals surface area contributed by atoms with Crippen LogP contribution in [0, 0.1) is 5.92 Å². The van der Waals surface area contributed by atoms with Crippen LogP contribution in [0.25, 0.3) is 10.8 Å². The van der Waals surface area contributed by atoms with Gasteiger partial charge in [-0.25, -0.2) is 4.79 Å². The number of aliphatic carboxylic acids is 1. The van der Waals surface area contributed by atoms with E-state index in [-0.39, 0.29) is 31.7 Å². The fourth-order valence-corrected chi connectivity index (χ4v) is 6.13. The maximum absolute atomic E-state index is 13.4. The molecule has 0 fully saturated rings. The Bertz CT molecular complexity index is 1550. The third-order valence-corrected chi connectivity index (χ3v) is 8.74. The molecular weight excluding hydrogens is 589 g/mol. The molecular formula is C31H36N3O9P. The lowest BCUT2D eigenvalue weighted by Crippen LogP contribution is -2.54. The molecule has 4 rings (SSSR count). The van der Waals surface area contributed by atoms with Crippen LogP contribution >= 0.6 is 7.60 Å². The summed E-state index contributed by atoms with van der Waals surface area (Å²) in [6.07, 6.45) is -0.251. The van der Waals surface area contributed by atoms with E-state index >= 15 is 0 Å². The average molecular weight is 626 g/mol. The summed E-state index contributed by atoms with van der Waals surface area (Å²) in [6.45, 7) is 3.30. The van der Waals surface area contributed by atoms with E-state index in [1.54, 1.807) is 60.7 Å². The summed E-state index contributed by atoms with van der Waals surface area (Å²) in [5.41, 5.74) is 1.26. The average Bonchev–Trinajstić information content (AvgIpc) is 2.97. The molecule has 234 valence electrons. The number of imide groups is 1. The van der Waals surface area contributed by atoms with Crippen LogP contribution in [0.4, 0.5) is 0 Å². The number of nitrogens with one attached hydrogen (secondary N) is 2. The topological polar surface area (TPSA) is 183 Å². The number of carboxylic acid groups (broad SMARTS) is 1. The Balaban J connectivity index is 1.50. The van der Waals surface area contributed by atoms with Crippen molar-refractivity contribution in [3.8, 4) is 5.75 Å². The fourth-order valence-electron chi connectivity index (χ4n) is 5.31. The SMILES string of the molecule is COc1ccc(C[C@H](NC(=O)[C@H](CC(C)C)N[C@H](CCN2C(=O)c3cccc4cccc(c34)C2=O)P(=O)(O)O)C(=O)O)cc1. The standard InChI is InChI=1S/C31H36N3O9P/c1-18(2)16-24(28(35)33-25(31(38)39)17-19-10-12-21(43-3)13-11-19)32-26(44(40,41)42)14-15-34-29(36)22-8-4-6-20-7-5-9-23(27(20)22)30(34)37/h4-13,18,24-26,32H,14-17H2,1-3H3,(H,33,35)(H,38,39)(H2,40,41,42)/t24-,25-,26-/m0/s1. The van der Waals surface area contributed by atoms with Gasteiger partial charge in [0.1, 0.15) is 17.6 Å². The molecule has 0 saturated carbocycles. The van der Waals surface area contributed by atoms with Crippen molar-refractivity contribution in [1.29, 1.82) is 0 Å². The molecule has 1 aliphatic rings. The highest BCUT2D eigenvalue weighted by molar-refractivity contribution is 7.52. The highest BCUT2D eigenvalue weighted by Gasteiger charge is 2.38. The van der Waals surface area contributed by atoms with Crippen LogP contribution in [0.3, 0.4) is 0 Å². The monoisotopic (exact) mass is 625 g/mol. The molecule has 0 aliphatic carbocycles. The molecule has 3 atom stereocenters. The first-order chi connectivity index (χ1) is 20.8. The van der Waals surface area contributed by atoms with Crippen molar-refractivity contribution in [2.45, 2.75) is 51.0 Å². The summed E-state index contributed by atoms with van der Waals surface area (Å²) < 4.78 is 17.7. The van der Waals surface area contributed by atoms with E-state index in [1.165, 1.54) is 7.11 Å². The number of hydrogen-bond acceptors (Lipinski definition) is 7. The zero-order valence-corrected chi connectivity index (χ0v) is 25.5. The first-order valence-corrected chi connectivity index (χ1v) is 15.8. The summed E-state index contributed by atoms with van der Waals surface area (Å²) in [6, 6.07) is 14.4. The first-order valence-electron chi connectivity index (χ1n) is 14.2. The summed E-state index contributed by atoms with van der Waals surface area (Å²) in [5, 5.41) is 16.3. The molecule has 1 aliphatic heterocycles. The predicted molar refractivity (Wildman–Crippen MR) is 162 cm³/mol. The molecule has 0 aromatic heterocycles. The number of carbonyl (C=O) groups excluding carboxylic acids is 3. The number of benzene rings is 3. The Morgan fingerprint density at radius 1 is 0.932 bits per heavy atom. The van der Waals surface area contributed by atoms with Crippen molar-refractivity contribution in [2.75, 3.05) is 13.7 Å². The Morgan fingerprint density at radius 3 is 2.02 bits per heavy atom. The maximum Gasteiger partial charge on any atom is 0.342 e. The van der Waals surface area contributed by atoms with Gasteiger partial charge in [0.25, 0.3) is 11.8 Å². The molecule has 5 N–H and O–H groups in total. The van der Waals surface area contributed by atoms with Crippen LogP contribution in [-0.2, 0) is 20.6 Å². The van der Waals surface area contributed by atoms with Gasteiger partial charge in [0.2, 0.25) is 5.91 Å². The zero-order valence-electron chi connectivity index (χ0n) is 24.6. The van der Waals surface area contributed by atoms with Gasteiger partial charge in [0.05, 0.1) is 13.2 Å². The van der Waals surface area contributed by atoms with E-state index in [4.69, 9.17) is 4.74 Å². The fraction of sp³-hybridized carbons (Fsp3) is 0.355. The third-order valence-electron chi connectivity index (χ3n) is 7.52. The van der Waals surface area contributed by atoms with E-state index in [9.17, 15) is 38.6 Å². The Labute approximate surface area is 254 Å². The number of rotatable bonds is 14. The van der Waals surface area contributed by atoms with Crippen molar-refractivity contribution in [1.82, 2.24) is 15.5 Å². The van der Waals surface area contributed by atoms with Crippen LogP contribution in [-0.4, -0.2) is 75.0 Å². The van der Waals surface area contributed by atoms with Gasteiger partial charge in [-0.1, -0.05) is 50.2 Å². The van der Waals surface area contributed by atoms with Crippen molar-refractivity contribution in [3.63, 3.8) is 0 Å². The van der Waals surface area contributed by atoms with Gasteiger partial charge in [-0.2, -0.15) is 0 Å². The minimum atomic E-state index is -4.92. The lowest BCUT2D eigenvalue weighted by molar-refractivity contribution is -0.142. The molecule has 0 unspecified atom stereocenters. The molecule has 0 spiro atoms. The number of nitrogens with zero attached hydrogens (tertiary/aromatic N) is 1. The molecule has 12 nitrogen and oxygen atoms in total. The molecule has 0 radical (unpaired) electrons. The molecule has 44 heavy (non-hydrogen) atoms. The molecule has 3 amide bonds. The summed E-state index contributed by atoms with van der Waals surface area (Å²) in [7, 11) is -3.41. The minimum Gasteiger partial charge on any atom is -0.497 e. The summed E-state index contributed by atoms with van der Waals surface area (Å²) in [5.74, 6) is -4.31. The predicted octanol–water partition coefficient (Wildman–Crippen LogP) is 3.15. The van der Waals surface area contributed by atoms with Crippen LogP contribution in [0.1, 0.15) is 53.0 Å². The van der Waals surface area contributed by atoms with E-state index in [0.29, 0.717) is 27.8 Å². The van der Waals surface area contributed by atoms with E-state index in [1.807, 2.05) is 13.8 Å². The lowest BCUT2D eigenvalue weighted by Gasteiger charge is -2.31. The zero-order chi connectivity index (χ0) is 32.2. The van der Waals surface area contributed by atoms with Crippen LogP contribution in [0.2, 0.25) is 0 Å². The highest BCUT2D eigenvalue weighted by atomic mass is 31.2. The number of hydrogen-bond donors (Lipinski definition) is 5. The number of carbonyl (C=O) groups is 4. The quantitative estimate of drug-likeness (QED) is 0.132. The Kier molecular flexibility index (Phi) is 10.2. The number of ether oxygens (including phenoxy) is 1. The second-order valence-electron chi connectivity index (χ2n) is 11.2. The number of amides is 3. The van der Waals surface area contributed by atoms with Gasteiger partial charge < -0.3 is 24.9 Å². The van der Waals surface area contributed by atoms with Crippen molar-refractivity contribution in [2.24, 2.45) is 5.92 Å². The van der Waals surface area contributed by atoms with Crippen LogP contribution in [0.5, 0.6) is 5.75 Å². The summed E-state index contributed by atoms with van der Waals surface area (Å²) in [4.78, 5) is 73.4. The van der Waals surface area contributed by atoms with Gasteiger partial charge in [-0.3, -0.25) is 29.2 Å². The first kappa shape index (κ1) is 32.8. The minimum absolute atomic E-state index is 0.0329. The molecule has 3 aromatic carbocycles. The van der Waals surface area contributed by atoms with Crippen LogP contribution in [0.15, 0.2) is 60.7 Å². The number of methoxy groups -OCH3 is 1. The van der Waals surface area contributed by atoms with E-state index in [0.717, 1.165) is 10.3 Å². The van der Waals surface area contributed by atoms with Crippen molar-refractivity contribution in [3.05, 3.63) is 77.4 Å². The Hall–Kier alpha value is -4.09. The summed E-state index contributed by atoms with van der Waals surface area (Å²) >= 11 is 0. The highest BCUT2D eigenvalue weighted by Crippen LogP contribution is 2.42. The largest absolute Gasteiger partial charge is 0.497 e. The van der Waals surface area contributed by atoms with Gasteiger partial charge in [0.15, 0.2) is 0 Å². The third kappa shape index (κ3) is 7.51. The Morgan fingerprint density at radius 2 is 1.52 bits per heavy atom. The van der Waals surface area contributed by atoms with E-state index < -0.39 is 49.2 Å². The molecule has 0 saturated heterocycles. The second-order valence-corrected chi connectivity index (χ2v) is 13.0. The van der Waals surface area contributed by atoms with Gasteiger partial charge in [-0.05, 0) is 54.0 Å².